The Morgan fingerprint density at radius 1 is 0.792 bits per heavy atom. The highest BCUT2D eigenvalue weighted by Gasteiger charge is 2.09. The zero-order chi connectivity index (χ0) is 16.5. The molecule has 1 aromatic heterocycles. The molecule has 0 aliphatic carbocycles. The normalized spacial score (nSPS) is 10.9. The topological polar surface area (TPSA) is 54.9 Å². The third kappa shape index (κ3) is 2.94. The van der Waals surface area contributed by atoms with Crippen LogP contribution >= 0.6 is 22.6 Å². The lowest BCUT2D eigenvalue weighted by atomic mass is 10.1. The predicted molar refractivity (Wildman–Crippen MR) is 104 cm³/mol. The molecule has 4 rings (SSSR count). The van der Waals surface area contributed by atoms with E-state index in [1.54, 1.807) is 12.1 Å². The van der Waals surface area contributed by atoms with Crippen molar-refractivity contribution in [3.63, 3.8) is 0 Å². The second kappa shape index (κ2) is 6.16. The fraction of sp³-hybridized carbons (Fsp3) is 0. The van der Waals surface area contributed by atoms with Gasteiger partial charge in [0.15, 0.2) is 0 Å². The summed E-state index contributed by atoms with van der Waals surface area (Å²) in [5, 5.41) is 2.90. The summed E-state index contributed by atoms with van der Waals surface area (Å²) in [6.45, 7) is 0. The molecule has 116 valence electrons. The number of aromatic nitrogens is 2. The maximum absolute atomic E-state index is 12.4. The summed E-state index contributed by atoms with van der Waals surface area (Å²) in [4.78, 5) is 21.6. The van der Waals surface area contributed by atoms with Gasteiger partial charge in [0.1, 0.15) is 0 Å². The van der Waals surface area contributed by atoms with Crippen LogP contribution in [0.15, 0.2) is 66.7 Å². The first-order chi connectivity index (χ1) is 11.7. The molecule has 4 nitrogen and oxygen atoms in total. The van der Waals surface area contributed by atoms with Gasteiger partial charge in [0.25, 0.3) is 5.91 Å². The van der Waals surface area contributed by atoms with Gasteiger partial charge >= 0.3 is 0 Å². The van der Waals surface area contributed by atoms with E-state index < -0.39 is 0 Å². The second-order valence-electron chi connectivity index (χ2n) is 5.38. The van der Waals surface area contributed by atoms with E-state index in [-0.39, 0.29) is 5.91 Å². The molecule has 0 aliphatic rings. The lowest BCUT2D eigenvalue weighted by molar-refractivity contribution is 0.102. The number of carbonyl (C=O) groups excluding carboxylic acids is 1. The fourth-order valence-corrected chi connectivity index (χ4v) is 2.86. The quantitative estimate of drug-likeness (QED) is 0.376. The van der Waals surface area contributed by atoms with Gasteiger partial charge < -0.3 is 5.32 Å². The van der Waals surface area contributed by atoms with Crippen molar-refractivity contribution in [1.29, 1.82) is 0 Å². The number of amides is 1. The number of benzene rings is 3. The molecular formula is C19H12IN3O. The summed E-state index contributed by atoms with van der Waals surface area (Å²) in [6.07, 6.45) is 0. The molecule has 1 N–H and O–H groups in total. The van der Waals surface area contributed by atoms with E-state index in [9.17, 15) is 4.79 Å². The molecule has 0 unspecified atom stereocenters. The van der Waals surface area contributed by atoms with Gasteiger partial charge in [-0.05, 0) is 77.2 Å². The molecule has 1 heterocycles. The van der Waals surface area contributed by atoms with Crippen molar-refractivity contribution < 1.29 is 4.79 Å². The summed E-state index contributed by atoms with van der Waals surface area (Å²) in [5.74, 6) is -0.159. The van der Waals surface area contributed by atoms with Crippen molar-refractivity contribution in [2.24, 2.45) is 0 Å². The number of nitrogens with zero attached hydrogens (tertiary/aromatic N) is 2. The molecule has 0 radical (unpaired) electrons. The van der Waals surface area contributed by atoms with Crippen LogP contribution in [0.5, 0.6) is 0 Å². The largest absolute Gasteiger partial charge is 0.322 e. The van der Waals surface area contributed by atoms with Gasteiger partial charge in [-0.2, -0.15) is 0 Å². The first-order valence-corrected chi connectivity index (χ1v) is 8.50. The number of halogens is 1. The van der Waals surface area contributed by atoms with E-state index in [1.165, 1.54) is 0 Å². The van der Waals surface area contributed by atoms with Crippen molar-refractivity contribution >= 4 is 56.3 Å². The first-order valence-electron chi connectivity index (χ1n) is 7.42. The lowest BCUT2D eigenvalue weighted by Crippen LogP contribution is -2.11. The number of nitrogens with one attached hydrogen (secondary N) is 1. The van der Waals surface area contributed by atoms with Crippen molar-refractivity contribution in [3.8, 4) is 0 Å². The number of carbonyl (C=O) groups is 1. The highest BCUT2D eigenvalue weighted by molar-refractivity contribution is 14.1. The van der Waals surface area contributed by atoms with Crippen molar-refractivity contribution in [2.75, 3.05) is 5.32 Å². The number of hydrogen-bond donors (Lipinski definition) is 1. The van der Waals surface area contributed by atoms with Crippen LogP contribution in [0.3, 0.4) is 0 Å². The van der Waals surface area contributed by atoms with Gasteiger partial charge in [-0.3, -0.25) is 4.79 Å². The molecular weight excluding hydrogens is 413 g/mol. The number of hydrogen-bond acceptors (Lipinski definition) is 3. The van der Waals surface area contributed by atoms with E-state index in [4.69, 9.17) is 0 Å². The maximum atomic E-state index is 12.4. The van der Waals surface area contributed by atoms with E-state index in [0.29, 0.717) is 11.1 Å². The standard InChI is InChI=1S/C19H12IN3O/c20-13-6-8-14(9-7-13)21-19(24)12-5-10-17-18(11-12)23-16-4-2-1-3-15(16)22-17/h1-11H,(H,21,24). The van der Waals surface area contributed by atoms with Crippen molar-refractivity contribution in [2.45, 2.75) is 0 Å². The van der Waals surface area contributed by atoms with E-state index in [0.717, 1.165) is 25.8 Å². The SMILES string of the molecule is O=C(Nc1ccc(I)cc1)c1ccc2nc3ccccc3nc2c1. The minimum absolute atomic E-state index is 0.159. The number of anilines is 1. The fourth-order valence-electron chi connectivity index (χ4n) is 2.50. The van der Waals surface area contributed by atoms with Crippen LogP contribution in [0.1, 0.15) is 10.4 Å². The van der Waals surface area contributed by atoms with Gasteiger partial charge in [0.05, 0.1) is 22.1 Å². The Morgan fingerprint density at radius 2 is 1.42 bits per heavy atom. The Bertz CT molecular complexity index is 1060. The van der Waals surface area contributed by atoms with Crippen molar-refractivity contribution in [1.82, 2.24) is 9.97 Å². The summed E-state index contributed by atoms with van der Waals surface area (Å²) < 4.78 is 1.12. The number of para-hydroxylation sites is 2. The molecule has 4 aromatic rings. The van der Waals surface area contributed by atoms with E-state index >= 15 is 0 Å². The van der Waals surface area contributed by atoms with Gasteiger partial charge in [0, 0.05) is 14.8 Å². The minimum atomic E-state index is -0.159. The molecule has 3 aromatic carbocycles. The highest BCUT2D eigenvalue weighted by atomic mass is 127. The van der Waals surface area contributed by atoms with Crippen LogP contribution in [0.2, 0.25) is 0 Å². The van der Waals surface area contributed by atoms with Gasteiger partial charge in [0.2, 0.25) is 0 Å². The molecule has 24 heavy (non-hydrogen) atoms. The second-order valence-corrected chi connectivity index (χ2v) is 6.62. The Labute approximate surface area is 152 Å². The van der Waals surface area contributed by atoms with Crippen molar-refractivity contribution in [3.05, 3.63) is 75.9 Å². The first kappa shape index (κ1) is 15.0. The van der Waals surface area contributed by atoms with Gasteiger partial charge in [-0.15, -0.1) is 0 Å². The molecule has 0 bridgehead atoms. The van der Waals surface area contributed by atoms with Gasteiger partial charge in [-0.1, -0.05) is 12.1 Å². The molecule has 0 atom stereocenters. The molecule has 1 amide bonds. The average Bonchev–Trinajstić information content (AvgIpc) is 2.61. The number of fused-ring (bicyclic) bond motifs is 2. The van der Waals surface area contributed by atoms with Gasteiger partial charge in [-0.25, -0.2) is 9.97 Å². The van der Waals surface area contributed by atoms with Crippen LogP contribution in [0.4, 0.5) is 5.69 Å². The molecule has 5 heteroatoms. The third-order valence-electron chi connectivity index (χ3n) is 3.70. The summed E-state index contributed by atoms with van der Waals surface area (Å²) >= 11 is 2.23. The van der Waals surface area contributed by atoms with Crippen LogP contribution < -0.4 is 5.32 Å². The van der Waals surface area contributed by atoms with Crippen LogP contribution in [-0.4, -0.2) is 15.9 Å². The molecule has 0 saturated heterocycles. The Hall–Kier alpha value is -2.54. The maximum Gasteiger partial charge on any atom is 0.255 e. The summed E-state index contributed by atoms with van der Waals surface area (Å²) in [6, 6.07) is 20.8. The summed E-state index contributed by atoms with van der Waals surface area (Å²) in [7, 11) is 0. The van der Waals surface area contributed by atoms with E-state index in [2.05, 4.69) is 37.9 Å². The smallest absolute Gasteiger partial charge is 0.255 e. The zero-order valence-electron chi connectivity index (χ0n) is 12.5. The molecule has 0 saturated carbocycles. The van der Waals surface area contributed by atoms with E-state index in [1.807, 2.05) is 54.6 Å². The average molecular weight is 425 g/mol. The minimum Gasteiger partial charge on any atom is -0.322 e. The van der Waals surface area contributed by atoms with Crippen LogP contribution in [-0.2, 0) is 0 Å². The Balaban J connectivity index is 1.69. The molecule has 0 fully saturated rings. The number of rotatable bonds is 2. The highest BCUT2D eigenvalue weighted by Crippen LogP contribution is 2.18. The lowest BCUT2D eigenvalue weighted by Gasteiger charge is -2.07. The van der Waals surface area contributed by atoms with Crippen LogP contribution in [0.25, 0.3) is 22.1 Å². The molecule has 0 aliphatic heterocycles. The zero-order valence-corrected chi connectivity index (χ0v) is 14.7. The summed E-state index contributed by atoms with van der Waals surface area (Å²) in [5.41, 5.74) is 4.49. The Morgan fingerprint density at radius 3 is 2.12 bits per heavy atom. The third-order valence-corrected chi connectivity index (χ3v) is 4.42. The molecule has 0 spiro atoms. The van der Waals surface area contributed by atoms with Crippen LogP contribution in [0, 0.1) is 3.57 Å². The monoisotopic (exact) mass is 425 g/mol. The Kier molecular flexibility index (Phi) is 3.86. The predicted octanol–water partition coefficient (Wildman–Crippen LogP) is 4.64.